The zero-order valence-electron chi connectivity index (χ0n) is 19.1. The smallest absolute Gasteiger partial charge is 0.167 e. The van der Waals surface area contributed by atoms with Crippen LogP contribution in [0.5, 0.6) is 40.2 Å². The molecule has 0 spiro atoms. The molecule has 0 bridgehead atoms. The molecule has 4 aromatic carbocycles. The molecule has 37 heavy (non-hydrogen) atoms. The third-order valence-corrected chi connectivity index (χ3v) is 5.06. The lowest BCUT2D eigenvalue weighted by molar-refractivity contribution is 0.451. The lowest BCUT2D eigenvalue weighted by atomic mass is 10.1. The summed E-state index contributed by atoms with van der Waals surface area (Å²) in [6.07, 6.45) is 0. The Kier molecular flexibility index (Phi) is 6.92. The van der Waals surface area contributed by atoms with Crippen LogP contribution >= 0.6 is 0 Å². The van der Waals surface area contributed by atoms with Crippen LogP contribution in [0.1, 0.15) is 0 Å². The van der Waals surface area contributed by atoms with Crippen LogP contribution < -0.4 is 0 Å². The van der Waals surface area contributed by atoms with Crippen molar-refractivity contribution in [3.05, 3.63) is 84.9 Å². The van der Waals surface area contributed by atoms with Crippen molar-refractivity contribution < 1.29 is 35.7 Å². The molecule has 0 aliphatic rings. The molecule has 10 nitrogen and oxygen atoms in total. The highest BCUT2D eigenvalue weighted by Crippen LogP contribution is 2.37. The fraction of sp³-hybridized carbons (Fsp3) is 0. The quantitative estimate of drug-likeness (QED) is 0.187. The van der Waals surface area contributed by atoms with Gasteiger partial charge in [-0.2, -0.15) is 0 Å². The highest BCUT2D eigenvalue weighted by molar-refractivity contribution is 5.74. The van der Waals surface area contributed by atoms with Gasteiger partial charge in [-0.1, -0.05) is 18.2 Å². The first kappa shape index (κ1) is 24.6. The molecule has 7 N–H and O–H groups in total. The van der Waals surface area contributed by atoms with Gasteiger partial charge in [0.1, 0.15) is 40.2 Å². The van der Waals surface area contributed by atoms with Crippen LogP contribution in [-0.2, 0) is 0 Å². The van der Waals surface area contributed by atoms with E-state index >= 15 is 0 Å². The molecule has 1 heterocycles. The second kappa shape index (κ2) is 10.4. The minimum atomic E-state index is -0.289. The van der Waals surface area contributed by atoms with Gasteiger partial charge in [-0.15, -0.1) is 0 Å². The Morgan fingerprint density at radius 1 is 0.351 bits per heavy atom. The summed E-state index contributed by atoms with van der Waals surface area (Å²) in [7, 11) is 0. The van der Waals surface area contributed by atoms with Crippen molar-refractivity contribution in [1.29, 1.82) is 0 Å². The Balaban J connectivity index is 0.000000396. The number of hydrogen-bond donors (Lipinski definition) is 7. The standard InChI is InChI=1S/C21H15N3O6.C6H6O/c25-10-1-4-13(16(28)7-10)19-22-20(14-5-2-11(26)8-17(14)29)24-21(23-19)15-6-3-12(27)9-18(15)30;7-6-4-2-1-3-5-6/h1-9,25-30H;1-5,7H. The molecular formula is C27H21N3O7. The summed E-state index contributed by atoms with van der Waals surface area (Å²) in [5.41, 5.74) is 0.526. The number of para-hydroxylation sites is 1. The minimum absolute atomic E-state index is 0.00690. The third-order valence-electron chi connectivity index (χ3n) is 5.06. The molecule has 10 heteroatoms. The zero-order chi connectivity index (χ0) is 26.5. The minimum Gasteiger partial charge on any atom is -0.508 e. The molecule has 0 saturated carbocycles. The molecule has 1 aromatic heterocycles. The number of rotatable bonds is 3. The molecule has 0 saturated heterocycles. The van der Waals surface area contributed by atoms with Crippen LogP contribution in [0.4, 0.5) is 0 Å². The summed E-state index contributed by atoms with van der Waals surface area (Å²) in [5, 5.41) is 67.9. The Labute approximate surface area is 210 Å². The molecule has 0 atom stereocenters. The number of phenolic OH excluding ortho intramolecular Hbond substituents is 7. The van der Waals surface area contributed by atoms with Gasteiger partial charge in [-0.05, 0) is 48.5 Å². The number of aromatic hydroxyl groups is 7. The summed E-state index contributed by atoms with van der Waals surface area (Å²) >= 11 is 0. The van der Waals surface area contributed by atoms with E-state index in [0.29, 0.717) is 5.75 Å². The Bertz CT molecular complexity index is 1390. The average Bonchev–Trinajstić information content (AvgIpc) is 2.84. The lowest BCUT2D eigenvalue weighted by Gasteiger charge is -2.11. The van der Waals surface area contributed by atoms with Gasteiger partial charge in [0.05, 0.1) is 16.7 Å². The lowest BCUT2D eigenvalue weighted by Crippen LogP contribution is -2.00. The van der Waals surface area contributed by atoms with E-state index in [2.05, 4.69) is 15.0 Å². The molecule has 5 aromatic rings. The summed E-state index contributed by atoms with van der Waals surface area (Å²) in [5.74, 6) is -0.988. The maximum Gasteiger partial charge on any atom is 0.167 e. The fourth-order valence-corrected chi connectivity index (χ4v) is 3.29. The van der Waals surface area contributed by atoms with E-state index < -0.39 is 0 Å². The van der Waals surface area contributed by atoms with E-state index in [-0.39, 0.29) is 68.7 Å². The number of nitrogens with zero attached hydrogens (tertiary/aromatic N) is 3. The van der Waals surface area contributed by atoms with Gasteiger partial charge in [-0.25, -0.2) is 15.0 Å². The topological polar surface area (TPSA) is 180 Å². The average molecular weight is 499 g/mol. The van der Waals surface area contributed by atoms with Crippen molar-refractivity contribution in [2.75, 3.05) is 0 Å². The van der Waals surface area contributed by atoms with Crippen LogP contribution in [0.2, 0.25) is 0 Å². The highest BCUT2D eigenvalue weighted by Gasteiger charge is 2.18. The van der Waals surface area contributed by atoms with Gasteiger partial charge in [0.25, 0.3) is 0 Å². The molecule has 186 valence electrons. The van der Waals surface area contributed by atoms with E-state index in [9.17, 15) is 30.6 Å². The van der Waals surface area contributed by atoms with Crippen LogP contribution in [0.15, 0.2) is 84.9 Å². The van der Waals surface area contributed by atoms with Gasteiger partial charge in [0, 0.05) is 18.2 Å². The maximum atomic E-state index is 10.2. The van der Waals surface area contributed by atoms with E-state index in [0.717, 1.165) is 18.2 Å². The number of phenols is 7. The first-order valence-corrected chi connectivity index (χ1v) is 10.8. The molecule has 5 rings (SSSR count). The number of benzene rings is 4. The summed E-state index contributed by atoms with van der Waals surface area (Å²) < 4.78 is 0. The van der Waals surface area contributed by atoms with Crippen LogP contribution in [0.3, 0.4) is 0 Å². The van der Waals surface area contributed by atoms with Crippen LogP contribution in [0.25, 0.3) is 34.2 Å². The van der Waals surface area contributed by atoms with Crippen molar-refractivity contribution in [3.8, 4) is 74.4 Å². The van der Waals surface area contributed by atoms with Gasteiger partial charge < -0.3 is 35.7 Å². The second-order valence-electron chi connectivity index (χ2n) is 7.75. The van der Waals surface area contributed by atoms with E-state index in [1.807, 2.05) is 6.07 Å². The molecule has 0 aliphatic carbocycles. The first-order valence-electron chi connectivity index (χ1n) is 10.8. The van der Waals surface area contributed by atoms with Gasteiger partial charge >= 0.3 is 0 Å². The Hall–Kier alpha value is -5.51. The predicted octanol–water partition coefficient (Wildman–Crippen LogP) is 4.50. The number of hydrogen-bond acceptors (Lipinski definition) is 10. The van der Waals surface area contributed by atoms with E-state index in [1.165, 1.54) is 36.4 Å². The highest BCUT2D eigenvalue weighted by atomic mass is 16.3. The molecule has 0 fully saturated rings. The van der Waals surface area contributed by atoms with Crippen molar-refractivity contribution in [2.24, 2.45) is 0 Å². The van der Waals surface area contributed by atoms with Crippen molar-refractivity contribution >= 4 is 0 Å². The van der Waals surface area contributed by atoms with Gasteiger partial charge in [-0.3, -0.25) is 0 Å². The second-order valence-corrected chi connectivity index (χ2v) is 7.75. The SMILES string of the molecule is Oc1ccc(-c2nc(-c3ccc(O)cc3O)nc(-c3ccc(O)cc3O)n2)c(O)c1.Oc1ccccc1. The van der Waals surface area contributed by atoms with E-state index in [1.54, 1.807) is 24.3 Å². The van der Waals surface area contributed by atoms with Crippen molar-refractivity contribution in [3.63, 3.8) is 0 Å². The van der Waals surface area contributed by atoms with Crippen molar-refractivity contribution in [2.45, 2.75) is 0 Å². The van der Waals surface area contributed by atoms with E-state index in [4.69, 9.17) is 5.11 Å². The van der Waals surface area contributed by atoms with Crippen LogP contribution in [0, 0.1) is 0 Å². The van der Waals surface area contributed by atoms with Crippen molar-refractivity contribution in [1.82, 2.24) is 15.0 Å². The number of aromatic nitrogens is 3. The summed E-state index contributed by atoms with van der Waals surface area (Å²) in [6.45, 7) is 0. The normalized spacial score (nSPS) is 10.4. The van der Waals surface area contributed by atoms with Gasteiger partial charge in [0.2, 0.25) is 0 Å². The Morgan fingerprint density at radius 3 is 0.919 bits per heavy atom. The monoisotopic (exact) mass is 499 g/mol. The zero-order valence-corrected chi connectivity index (χ0v) is 19.1. The fourth-order valence-electron chi connectivity index (χ4n) is 3.29. The molecule has 0 amide bonds. The largest absolute Gasteiger partial charge is 0.508 e. The molecule has 0 unspecified atom stereocenters. The first-order chi connectivity index (χ1) is 17.7. The Morgan fingerprint density at radius 2 is 0.676 bits per heavy atom. The maximum absolute atomic E-state index is 10.2. The summed E-state index contributed by atoms with van der Waals surface area (Å²) in [4.78, 5) is 12.9. The molecule has 0 aliphatic heterocycles. The predicted molar refractivity (Wildman–Crippen MR) is 134 cm³/mol. The van der Waals surface area contributed by atoms with Gasteiger partial charge in [0.15, 0.2) is 17.5 Å². The van der Waals surface area contributed by atoms with Crippen LogP contribution in [-0.4, -0.2) is 50.7 Å². The summed E-state index contributed by atoms with van der Waals surface area (Å²) in [6, 6.07) is 20.3. The third kappa shape index (κ3) is 5.77. The molecular weight excluding hydrogens is 478 g/mol. The molecule has 0 radical (unpaired) electrons.